The number of hydrogen-bond donors (Lipinski definition) is 1. The van der Waals surface area contributed by atoms with Gasteiger partial charge in [-0.15, -0.1) is 21.5 Å². The second-order valence-corrected chi connectivity index (χ2v) is 7.30. The van der Waals surface area contributed by atoms with Crippen LogP contribution in [0.15, 0.2) is 11.4 Å². The van der Waals surface area contributed by atoms with Crippen LogP contribution < -0.4 is 5.32 Å². The lowest BCUT2D eigenvalue weighted by Gasteiger charge is -2.25. The zero-order valence-corrected chi connectivity index (χ0v) is 13.9. The van der Waals surface area contributed by atoms with E-state index in [-0.39, 0.29) is 0 Å². The van der Waals surface area contributed by atoms with Crippen molar-refractivity contribution in [1.29, 1.82) is 0 Å². The van der Waals surface area contributed by atoms with Crippen LogP contribution in [0.5, 0.6) is 0 Å². The summed E-state index contributed by atoms with van der Waals surface area (Å²) in [7, 11) is 0. The lowest BCUT2D eigenvalue weighted by molar-refractivity contribution is 0.340. The molecule has 5 heteroatoms. The van der Waals surface area contributed by atoms with Crippen LogP contribution in [-0.4, -0.2) is 21.3 Å². The Morgan fingerprint density at radius 1 is 1.43 bits per heavy atom. The minimum absolute atomic E-state index is 0.451. The number of nitrogens with zero attached hydrogens (tertiary/aromatic N) is 3. The van der Waals surface area contributed by atoms with E-state index >= 15 is 0 Å². The molecule has 1 aliphatic rings. The Kier molecular flexibility index (Phi) is 4.40. The summed E-state index contributed by atoms with van der Waals surface area (Å²) in [5.41, 5.74) is 1.40. The zero-order valence-electron chi connectivity index (χ0n) is 13.1. The average Bonchev–Trinajstić information content (AvgIpc) is 3.05. The molecule has 0 amide bonds. The topological polar surface area (TPSA) is 42.7 Å². The number of aryl methyl sites for hydroxylation is 2. The van der Waals surface area contributed by atoms with Crippen LogP contribution in [0.4, 0.5) is 0 Å². The molecule has 2 aromatic heterocycles. The molecular formula is C16H24N4S. The number of fused-ring (bicyclic) bond motifs is 1. The van der Waals surface area contributed by atoms with Gasteiger partial charge in [-0.25, -0.2) is 0 Å². The quantitative estimate of drug-likeness (QED) is 0.923. The summed E-state index contributed by atoms with van der Waals surface area (Å²) in [6, 6.07) is 2.20. The van der Waals surface area contributed by atoms with Crippen molar-refractivity contribution in [3.8, 4) is 0 Å². The van der Waals surface area contributed by atoms with E-state index in [1.54, 1.807) is 0 Å². The molecule has 0 unspecified atom stereocenters. The van der Waals surface area contributed by atoms with Crippen molar-refractivity contribution in [3.63, 3.8) is 0 Å². The third-order valence-electron chi connectivity index (χ3n) is 4.28. The summed E-state index contributed by atoms with van der Waals surface area (Å²) >= 11 is 1.84. The van der Waals surface area contributed by atoms with Crippen LogP contribution in [0.3, 0.4) is 0 Å². The lowest BCUT2D eigenvalue weighted by atomic mass is 9.98. The third-order valence-corrected chi connectivity index (χ3v) is 5.30. The van der Waals surface area contributed by atoms with E-state index in [0.29, 0.717) is 11.8 Å². The van der Waals surface area contributed by atoms with Crippen LogP contribution in [0.1, 0.15) is 48.3 Å². The van der Waals surface area contributed by atoms with Gasteiger partial charge in [0.15, 0.2) is 0 Å². The van der Waals surface area contributed by atoms with Gasteiger partial charge in [-0.3, -0.25) is 0 Å². The summed E-state index contributed by atoms with van der Waals surface area (Å²) in [5.74, 6) is 3.45. The molecule has 0 spiro atoms. The van der Waals surface area contributed by atoms with Crippen LogP contribution in [-0.2, 0) is 19.5 Å². The van der Waals surface area contributed by atoms with Gasteiger partial charge in [0, 0.05) is 36.9 Å². The number of rotatable bonds is 5. The molecule has 1 atom stereocenters. The lowest BCUT2D eigenvalue weighted by Crippen LogP contribution is -2.30. The molecule has 3 rings (SSSR count). The Morgan fingerprint density at radius 2 is 2.29 bits per heavy atom. The molecule has 21 heavy (non-hydrogen) atoms. The van der Waals surface area contributed by atoms with Crippen molar-refractivity contribution >= 4 is 11.3 Å². The smallest absolute Gasteiger partial charge is 0.135 e. The molecule has 4 nitrogen and oxygen atoms in total. The van der Waals surface area contributed by atoms with Crippen molar-refractivity contribution in [2.75, 3.05) is 6.54 Å². The maximum Gasteiger partial charge on any atom is 0.135 e. The standard InChI is InChI=1S/C16H24N4S/c1-11(2)16-19-18-15-5-4-13(10-20(15)16)8-17-9-14-12(3)6-7-21-14/h6-7,11,13,17H,4-5,8-10H2,1-3H3/t13-/m1/s1. The molecule has 1 N–H and O–H groups in total. The van der Waals surface area contributed by atoms with Gasteiger partial charge in [-0.1, -0.05) is 13.8 Å². The van der Waals surface area contributed by atoms with Gasteiger partial charge in [-0.2, -0.15) is 0 Å². The summed E-state index contributed by atoms with van der Waals surface area (Å²) in [4.78, 5) is 1.46. The number of nitrogens with one attached hydrogen (secondary N) is 1. The second-order valence-electron chi connectivity index (χ2n) is 6.30. The first-order valence-electron chi connectivity index (χ1n) is 7.80. The fraction of sp³-hybridized carbons (Fsp3) is 0.625. The van der Waals surface area contributed by atoms with Crippen molar-refractivity contribution in [3.05, 3.63) is 33.5 Å². The normalized spacial score (nSPS) is 18.2. The van der Waals surface area contributed by atoms with Crippen molar-refractivity contribution < 1.29 is 0 Å². The first-order chi connectivity index (χ1) is 10.1. The highest BCUT2D eigenvalue weighted by molar-refractivity contribution is 7.10. The molecule has 0 aromatic carbocycles. The Bertz CT molecular complexity index is 599. The minimum Gasteiger partial charge on any atom is -0.314 e. The zero-order chi connectivity index (χ0) is 14.8. The van der Waals surface area contributed by atoms with Crippen molar-refractivity contribution in [1.82, 2.24) is 20.1 Å². The number of thiophene rings is 1. The van der Waals surface area contributed by atoms with Gasteiger partial charge in [0.2, 0.25) is 0 Å². The number of aromatic nitrogens is 3. The molecule has 0 saturated heterocycles. The van der Waals surface area contributed by atoms with E-state index in [9.17, 15) is 0 Å². The fourth-order valence-corrected chi connectivity index (χ4v) is 3.86. The largest absolute Gasteiger partial charge is 0.314 e. The Morgan fingerprint density at radius 3 is 3.00 bits per heavy atom. The molecule has 0 fully saturated rings. The van der Waals surface area contributed by atoms with Crippen molar-refractivity contribution in [2.45, 2.75) is 52.6 Å². The van der Waals surface area contributed by atoms with Gasteiger partial charge in [0.1, 0.15) is 11.6 Å². The minimum atomic E-state index is 0.451. The maximum atomic E-state index is 4.36. The predicted octanol–water partition coefficient (Wildman–Crippen LogP) is 3.12. The molecule has 0 aliphatic carbocycles. The molecular weight excluding hydrogens is 280 g/mol. The highest BCUT2D eigenvalue weighted by Crippen LogP contribution is 2.23. The summed E-state index contributed by atoms with van der Waals surface area (Å²) < 4.78 is 2.34. The molecule has 0 radical (unpaired) electrons. The van der Waals surface area contributed by atoms with Crippen LogP contribution in [0, 0.1) is 12.8 Å². The average molecular weight is 304 g/mol. The molecule has 0 bridgehead atoms. The van der Waals surface area contributed by atoms with E-state index in [4.69, 9.17) is 0 Å². The van der Waals surface area contributed by atoms with Gasteiger partial charge < -0.3 is 9.88 Å². The first-order valence-corrected chi connectivity index (χ1v) is 8.68. The third kappa shape index (κ3) is 3.19. The second kappa shape index (κ2) is 6.28. The highest BCUT2D eigenvalue weighted by Gasteiger charge is 2.23. The predicted molar refractivity (Wildman–Crippen MR) is 86.7 cm³/mol. The monoisotopic (exact) mass is 304 g/mol. The first kappa shape index (κ1) is 14.7. The molecule has 114 valence electrons. The highest BCUT2D eigenvalue weighted by atomic mass is 32.1. The van der Waals surface area contributed by atoms with Crippen LogP contribution >= 0.6 is 11.3 Å². The van der Waals surface area contributed by atoms with E-state index in [0.717, 1.165) is 31.9 Å². The Hall–Kier alpha value is -1.20. The van der Waals surface area contributed by atoms with E-state index < -0.39 is 0 Å². The summed E-state index contributed by atoms with van der Waals surface area (Å²) in [6.07, 6.45) is 2.27. The number of hydrogen-bond acceptors (Lipinski definition) is 4. The molecule has 2 aromatic rings. The van der Waals surface area contributed by atoms with E-state index in [1.807, 2.05) is 11.3 Å². The molecule has 0 saturated carbocycles. The van der Waals surface area contributed by atoms with Gasteiger partial charge in [0.25, 0.3) is 0 Å². The fourth-order valence-electron chi connectivity index (χ4n) is 2.98. The van der Waals surface area contributed by atoms with E-state index in [1.165, 1.54) is 22.7 Å². The van der Waals surface area contributed by atoms with Gasteiger partial charge in [-0.05, 0) is 36.3 Å². The molecule has 1 aliphatic heterocycles. The van der Waals surface area contributed by atoms with Crippen LogP contribution in [0.25, 0.3) is 0 Å². The summed E-state index contributed by atoms with van der Waals surface area (Å²) in [5, 5.41) is 14.5. The van der Waals surface area contributed by atoms with Crippen LogP contribution in [0.2, 0.25) is 0 Å². The van der Waals surface area contributed by atoms with E-state index in [2.05, 4.69) is 52.3 Å². The van der Waals surface area contributed by atoms with Gasteiger partial charge in [0.05, 0.1) is 0 Å². The Labute approximate surface area is 130 Å². The Balaban J connectivity index is 1.56. The summed E-state index contributed by atoms with van der Waals surface area (Å²) in [6.45, 7) is 9.70. The SMILES string of the molecule is Cc1ccsc1CNC[C@H]1CCc2nnc(C(C)C)n2C1. The van der Waals surface area contributed by atoms with Crippen molar-refractivity contribution in [2.24, 2.45) is 5.92 Å². The van der Waals surface area contributed by atoms with Gasteiger partial charge >= 0.3 is 0 Å². The molecule has 3 heterocycles. The maximum absolute atomic E-state index is 4.36.